The maximum absolute atomic E-state index is 11.7. The highest BCUT2D eigenvalue weighted by molar-refractivity contribution is 5.99. The second kappa shape index (κ2) is 9.19. The van der Waals surface area contributed by atoms with Crippen LogP contribution in [0.5, 0.6) is 0 Å². The molecule has 3 heterocycles. The lowest BCUT2D eigenvalue weighted by Crippen LogP contribution is -2.19. The van der Waals surface area contributed by atoms with Crippen molar-refractivity contribution in [3.05, 3.63) is 61.1 Å². The van der Waals surface area contributed by atoms with Crippen molar-refractivity contribution < 1.29 is 4.79 Å². The Bertz CT molecular complexity index is 1530. The average molecular weight is 469 g/mol. The minimum absolute atomic E-state index is 0.135. The summed E-state index contributed by atoms with van der Waals surface area (Å²) in [5.41, 5.74) is 5.41. The predicted octanol–water partition coefficient (Wildman–Crippen LogP) is 4.25. The number of anilines is 3. The molecule has 0 fully saturated rings. The van der Waals surface area contributed by atoms with Gasteiger partial charge < -0.3 is 20.1 Å². The molecule has 0 aliphatic carbocycles. The number of aromatic nitrogens is 5. The third-order valence-electron chi connectivity index (χ3n) is 5.89. The number of benzene rings is 2. The number of hydrogen-bond acceptors (Lipinski definition) is 6. The fourth-order valence-corrected chi connectivity index (χ4v) is 4.30. The van der Waals surface area contributed by atoms with Crippen molar-refractivity contribution in [2.45, 2.75) is 13.5 Å². The lowest BCUT2D eigenvalue weighted by molar-refractivity contribution is -0.114. The Labute approximate surface area is 203 Å². The lowest BCUT2D eigenvalue weighted by atomic mass is 10.1. The second-order valence-corrected chi connectivity index (χ2v) is 8.88. The normalized spacial score (nSPS) is 11.5. The molecule has 0 spiro atoms. The van der Waals surface area contributed by atoms with Crippen LogP contribution in [-0.4, -0.2) is 55.8 Å². The van der Waals surface area contributed by atoms with Gasteiger partial charge in [-0.2, -0.15) is 5.10 Å². The van der Waals surface area contributed by atoms with Crippen molar-refractivity contribution in [3.8, 4) is 11.3 Å². The molecule has 0 atom stereocenters. The van der Waals surface area contributed by atoms with Gasteiger partial charge in [-0.25, -0.2) is 9.97 Å². The zero-order valence-corrected chi connectivity index (χ0v) is 20.3. The van der Waals surface area contributed by atoms with E-state index in [1.165, 1.54) is 6.92 Å². The maximum Gasteiger partial charge on any atom is 0.227 e. The van der Waals surface area contributed by atoms with Gasteiger partial charge in [-0.05, 0) is 38.4 Å². The van der Waals surface area contributed by atoms with Gasteiger partial charge in [0.25, 0.3) is 0 Å². The van der Waals surface area contributed by atoms with Gasteiger partial charge in [-0.15, -0.1) is 0 Å². The summed E-state index contributed by atoms with van der Waals surface area (Å²) in [6.45, 7) is 3.06. The van der Waals surface area contributed by atoms with Crippen LogP contribution in [0.4, 0.5) is 17.3 Å². The molecular formula is C26H28N8O. The Balaban J connectivity index is 1.56. The van der Waals surface area contributed by atoms with Crippen LogP contribution in [0, 0.1) is 0 Å². The summed E-state index contributed by atoms with van der Waals surface area (Å²) < 4.78 is 4.06. The number of fused-ring (bicyclic) bond motifs is 2. The summed E-state index contributed by atoms with van der Waals surface area (Å²) in [7, 11) is 6.10. The van der Waals surface area contributed by atoms with Gasteiger partial charge in [-0.3, -0.25) is 9.48 Å². The molecule has 2 N–H and O–H groups in total. The number of carbonyl (C=O) groups is 1. The largest absolute Gasteiger partial charge is 0.350 e. The zero-order valence-electron chi connectivity index (χ0n) is 20.3. The van der Waals surface area contributed by atoms with E-state index >= 15 is 0 Å². The number of para-hydroxylation sites is 1. The van der Waals surface area contributed by atoms with Gasteiger partial charge in [0.05, 0.1) is 29.6 Å². The van der Waals surface area contributed by atoms with Crippen molar-refractivity contribution in [3.63, 3.8) is 0 Å². The zero-order chi connectivity index (χ0) is 24.5. The van der Waals surface area contributed by atoms with Crippen LogP contribution in [0.25, 0.3) is 33.1 Å². The molecule has 0 saturated heterocycles. The number of aryl methyl sites for hydroxylation is 1. The fraction of sp³-hybridized carbons (Fsp3) is 0.231. The number of nitrogens with one attached hydrogen (secondary N) is 2. The second-order valence-electron chi connectivity index (χ2n) is 8.88. The molecule has 2 aromatic carbocycles. The number of rotatable bonds is 7. The molecule has 0 bridgehead atoms. The molecule has 0 unspecified atom stereocenters. The molecule has 0 radical (unpaired) electrons. The number of hydrogen-bond donors (Lipinski definition) is 2. The van der Waals surface area contributed by atoms with Crippen LogP contribution in [0.1, 0.15) is 6.92 Å². The summed E-state index contributed by atoms with van der Waals surface area (Å²) >= 11 is 0. The lowest BCUT2D eigenvalue weighted by Gasteiger charge is -2.14. The van der Waals surface area contributed by atoms with E-state index in [2.05, 4.69) is 48.5 Å². The predicted molar refractivity (Wildman–Crippen MR) is 140 cm³/mol. The van der Waals surface area contributed by atoms with Crippen LogP contribution in [-0.2, 0) is 18.4 Å². The maximum atomic E-state index is 11.7. The van der Waals surface area contributed by atoms with Crippen molar-refractivity contribution in [2.24, 2.45) is 7.05 Å². The van der Waals surface area contributed by atoms with E-state index in [1.807, 2.05) is 62.4 Å². The van der Waals surface area contributed by atoms with Crippen molar-refractivity contribution in [2.75, 3.05) is 31.3 Å². The van der Waals surface area contributed by atoms with Crippen molar-refractivity contribution in [1.29, 1.82) is 0 Å². The molecular weight excluding hydrogens is 440 g/mol. The molecule has 9 nitrogen and oxygen atoms in total. The van der Waals surface area contributed by atoms with Crippen molar-refractivity contribution >= 4 is 45.0 Å². The quantitative estimate of drug-likeness (QED) is 0.371. The van der Waals surface area contributed by atoms with Crippen LogP contribution < -0.4 is 10.6 Å². The average Bonchev–Trinajstić information content (AvgIpc) is 3.39. The first kappa shape index (κ1) is 22.5. The third-order valence-corrected chi connectivity index (χ3v) is 5.89. The molecule has 0 aliphatic rings. The summed E-state index contributed by atoms with van der Waals surface area (Å²) in [5.74, 6) is 0.335. The molecule has 35 heavy (non-hydrogen) atoms. The first-order valence-electron chi connectivity index (χ1n) is 11.5. The van der Waals surface area contributed by atoms with Crippen molar-refractivity contribution in [1.82, 2.24) is 29.2 Å². The molecule has 9 heteroatoms. The molecule has 0 aliphatic heterocycles. The molecule has 5 aromatic rings. The Kier molecular flexibility index (Phi) is 5.92. The monoisotopic (exact) mass is 468 g/mol. The van der Waals surface area contributed by atoms with E-state index in [0.717, 1.165) is 51.8 Å². The Hall–Kier alpha value is -4.24. The smallest absolute Gasteiger partial charge is 0.227 e. The Morgan fingerprint density at radius 2 is 1.97 bits per heavy atom. The van der Waals surface area contributed by atoms with Crippen LogP contribution in [0.15, 0.2) is 61.1 Å². The van der Waals surface area contributed by atoms with Gasteiger partial charge in [0.1, 0.15) is 0 Å². The van der Waals surface area contributed by atoms with Gasteiger partial charge in [-0.1, -0.05) is 18.2 Å². The van der Waals surface area contributed by atoms with E-state index in [4.69, 9.17) is 4.98 Å². The molecule has 0 saturated carbocycles. The topological polar surface area (TPSA) is 92.9 Å². The van der Waals surface area contributed by atoms with Gasteiger partial charge in [0.15, 0.2) is 0 Å². The van der Waals surface area contributed by atoms with E-state index in [0.29, 0.717) is 11.6 Å². The number of likely N-dealkylation sites (N-methyl/N-ethyl adjacent to an activating group) is 1. The van der Waals surface area contributed by atoms with E-state index in [-0.39, 0.29) is 5.91 Å². The molecule has 1 amide bonds. The standard InChI is InChI=1S/C26H28N8O/c1-17(35)29-19-13-18-15-28-34(12-11-32(2)3)25(18)23(14-19)31-26-27-10-9-22(30-26)21-16-33(4)24-8-6-5-7-20(21)24/h5-10,13-16H,11-12H2,1-4H3,(H,29,35)(H,27,30,31). The van der Waals surface area contributed by atoms with Gasteiger partial charge >= 0.3 is 0 Å². The summed E-state index contributed by atoms with van der Waals surface area (Å²) in [6.07, 6.45) is 5.65. The molecule has 5 rings (SSSR count). The molecule has 3 aromatic heterocycles. The van der Waals surface area contributed by atoms with Crippen LogP contribution >= 0.6 is 0 Å². The first-order chi connectivity index (χ1) is 16.9. The number of nitrogens with zero attached hydrogens (tertiary/aromatic N) is 6. The number of carbonyl (C=O) groups excluding carboxylic acids is 1. The van der Waals surface area contributed by atoms with E-state index < -0.39 is 0 Å². The number of amides is 1. The van der Waals surface area contributed by atoms with E-state index in [1.54, 1.807) is 6.20 Å². The fourth-order valence-electron chi connectivity index (χ4n) is 4.30. The summed E-state index contributed by atoms with van der Waals surface area (Å²) in [5, 5.41) is 12.9. The SMILES string of the molecule is CC(=O)Nc1cc(Nc2nccc(-c3cn(C)c4ccccc34)n2)c2c(cnn2CCN(C)C)c1. The summed E-state index contributed by atoms with van der Waals surface area (Å²) in [4.78, 5) is 23.1. The highest BCUT2D eigenvalue weighted by Crippen LogP contribution is 2.32. The highest BCUT2D eigenvalue weighted by atomic mass is 16.1. The third kappa shape index (κ3) is 4.58. The molecule has 178 valence electrons. The first-order valence-corrected chi connectivity index (χ1v) is 11.5. The summed E-state index contributed by atoms with van der Waals surface area (Å²) in [6, 6.07) is 14.0. The van der Waals surface area contributed by atoms with Crippen LogP contribution in [0.3, 0.4) is 0 Å². The Morgan fingerprint density at radius 1 is 1.14 bits per heavy atom. The minimum atomic E-state index is -0.135. The Morgan fingerprint density at radius 3 is 2.77 bits per heavy atom. The van der Waals surface area contributed by atoms with Crippen LogP contribution in [0.2, 0.25) is 0 Å². The highest BCUT2D eigenvalue weighted by Gasteiger charge is 2.15. The van der Waals surface area contributed by atoms with E-state index in [9.17, 15) is 4.79 Å². The minimum Gasteiger partial charge on any atom is -0.350 e. The van der Waals surface area contributed by atoms with Gasteiger partial charge in [0.2, 0.25) is 11.9 Å². The van der Waals surface area contributed by atoms with Gasteiger partial charge in [0, 0.05) is 60.4 Å².